The Balaban J connectivity index is 2.35. The first-order valence-corrected chi connectivity index (χ1v) is 4.95. The van der Waals surface area contributed by atoms with Crippen molar-refractivity contribution in [3.63, 3.8) is 0 Å². The van der Waals surface area contributed by atoms with Gasteiger partial charge in [0.2, 0.25) is 5.91 Å². The molecule has 1 aliphatic carbocycles. The molecule has 0 aromatic heterocycles. The molecular formula is C11H17NO. The quantitative estimate of drug-likeness (QED) is 0.652. The Morgan fingerprint density at radius 1 is 1.69 bits per heavy atom. The van der Waals surface area contributed by atoms with Crippen molar-refractivity contribution in [3.8, 4) is 12.3 Å². The summed E-state index contributed by atoms with van der Waals surface area (Å²) in [5.74, 6) is 3.43. The maximum Gasteiger partial charge on any atom is 0.224 e. The number of rotatable bonds is 4. The van der Waals surface area contributed by atoms with Crippen LogP contribution in [-0.2, 0) is 4.79 Å². The van der Waals surface area contributed by atoms with Gasteiger partial charge in [0, 0.05) is 5.92 Å². The van der Waals surface area contributed by atoms with E-state index in [9.17, 15) is 4.79 Å². The van der Waals surface area contributed by atoms with Crippen LogP contribution >= 0.6 is 0 Å². The molecule has 2 unspecified atom stereocenters. The van der Waals surface area contributed by atoms with Gasteiger partial charge in [-0.1, -0.05) is 19.8 Å². The minimum absolute atomic E-state index is 0.0892. The molecule has 2 heteroatoms. The van der Waals surface area contributed by atoms with Gasteiger partial charge in [0.1, 0.15) is 0 Å². The largest absolute Gasteiger partial charge is 0.342 e. The SMILES string of the molecule is C#CC(CC)NC(=O)C(C)C1CC1. The molecular weight excluding hydrogens is 162 g/mol. The lowest BCUT2D eigenvalue weighted by Crippen LogP contribution is -2.37. The van der Waals surface area contributed by atoms with Crippen molar-refractivity contribution >= 4 is 5.91 Å². The summed E-state index contributed by atoms with van der Waals surface area (Å²) in [5.41, 5.74) is 0. The van der Waals surface area contributed by atoms with Gasteiger partial charge in [-0.3, -0.25) is 4.79 Å². The molecule has 72 valence electrons. The first-order valence-electron chi connectivity index (χ1n) is 4.95. The fourth-order valence-electron chi connectivity index (χ4n) is 1.38. The molecule has 0 saturated heterocycles. The smallest absolute Gasteiger partial charge is 0.224 e. The van der Waals surface area contributed by atoms with Crippen molar-refractivity contribution < 1.29 is 4.79 Å². The molecule has 13 heavy (non-hydrogen) atoms. The van der Waals surface area contributed by atoms with Crippen LogP contribution < -0.4 is 5.32 Å². The second-order valence-electron chi connectivity index (χ2n) is 3.76. The fraction of sp³-hybridized carbons (Fsp3) is 0.727. The third-order valence-corrected chi connectivity index (χ3v) is 2.67. The van der Waals surface area contributed by atoms with Gasteiger partial charge in [-0.25, -0.2) is 0 Å². The molecule has 1 amide bonds. The molecule has 0 heterocycles. The normalized spacial score (nSPS) is 20.1. The summed E-state index contributed by atoms with van der Waals surface area (Å²) in [6, 6.07) is -0.0892. The highest BCUT2D eigenvalue weighted by molar-refractivity contribution is 5.79. The van der Waals surface area contributed by atoms with Crippen LogP contribution in [0.2, 0.25) is 0 Å². The molecule has 0 aliphatic heterocycles. The highest BCUT2D eigenvalue weighted by Crippen LogP contribution is 2.36. The number of amides is 1. The van der Waals surface area contributed by atoms with Gasteiger partial charge in [-0.2, -0.15) is 0 Å². The standard InChI is InChI=1S/C11H17NO/c1-4-10(5-2)12-11(13)8(3)9-6-7-9/h1,8-10H,5-7H2,2-3H3,(H,12,13). The van der Waals surface area contributed by atoms with Crippen LogP contribution in [-0.4, -0.2) is 11.9 Å². The molecule has 0 radical (unpaired) electrons. The molecule has 1 aliphatic rings. The number of hydrogen-bond donors (Lipinski definition) is 1. The van der Waals surface area contributed by atoms with Crippen molar-refractivity contribution in [2.75, 3.05) is 0 Å². The van der Waals surface area contributed by atoms with E-state index in [4.69, 9.17) is 6.42 Å². The first-order chi connectivity index (χ1) is 6.19. The third-order valence-electron chi connectivity index (χ3n) is 2.67. The van der Waals surface area contributed by atoms with E-state index in [1.54, 1.807) is 0 Å². The Hall–Kier alpha value is -0.970. The van der Waals surface area contributed by atoms with Crippen molar-refractivity contribution in [3.05, 3.63) is 0 Å². The lowest BCUT2D eigenvalue weighted by Gasteiger charge is -2.14. The fourth-order valence-corrected chi connectivity index (χ4v) is 1.38. The number of nitrogens with one attached hydrogen (secondary N) is 1. The number of hydrogen-bond acceptors (Lipinski definition) is 1. The summed E-state index contributed by atoms with van der Waals surface area (Å²) in [7, 11) is 0. The Morgan fingerprint density at radius 3 is 2.69 bits per heavy atom. The van der Waals surface area contributed by atoms with Gasteiger partial charge in [-0.05, 0) is 25.2 Å². The third kappa shape index (κ3) is 2.77. The van der Waals surface area contributed by atoms with Gasteiger partial charge in [0.15, 0.2) is 0 Å². The van der Waals surface area contributed by atoms with E-state index in [0.29, 0.717) is 5.92 Å². The van der Waals surface area contributed by atoms with Crippen LogP contribution in [0.4, 0.5) is 0 Å². The number of terminal acetylenes is 1. The van der Waals surface area contributed by atoms with Gasteiger partial charge in [-0.15, -0.1) is 6.42 Å². The zero-order valence-electron chi connectivity index (χ0n) is 8.34. The van der Waals surface area contributed by atoms with E-state index in [1.165, 1.54) is 12.8 Å². The summed E-state index contributed by atoms with van der Waals surface area (Å²) in [6.07, 6.45) is 8.46. The zero-order chi connectivity index (χ0) is 9.84. The molecule has 0 aromatic rings. The van der Waals surface area contributed by atoms with Crippen LogP contribution in [0, 0.1) is 24.2 Å². The highest BCUT2D eigenvalue weighted by atomic mass is 16.1. The van der Waals surface area contributed by atoms with Gasteiger partial charge < -0.3 is 5.32 Å². The molecule has 1 saturated carbocycles. The number of carbonyl (C=O) groups is 1. The van der Waals surface area contributed by atoms with Gasteiger partial charge >= 0.3 is 0 Å². The van der Waals surface area contributed by atoms with E-state index < -0.39 is 0 Å². The summed E-state index contributed by atoms with van der Waals surface area (Å²) in [6.45, 7) is 3.96. The second-order valence-corrected chi connectivity index (χ2v) is 3.76. The molecule has 1 fully saturated rings. The molecule has 0 aromatic carbocycles. The average molecular weight is 179 g/mol. The predicted octanol–water partition coefficient (Wildman–Crippen LogP) is 1.56. The monoisotopic (exact) mass is 179 g/mol. The van der Waals surface area contributed by atoms with Crippen LogP contribution in [0.5, 0.6) is 0 Å². The highest BCUT2D eigenvalue weighted by Gasteiger charge is 2.32. The van der Waals surface area contributed by atoms with E-state index in [-0.39, 0.29) is 17.9 Å². The van der Waals surface area contributed by atoms with Crippen molar-refractivity contribution in [1.29, 1.82) is 0 Å². The maximum atomic E-state index is 11.5. The second kappa shape index (κ2) is 4.32. The maximum absolute atomic E-state index is 11.5. The van der Waals surface area contributed by atoms with Crippen LogP contribution in [0.25, 0.3) is 0 Å². The topological polar surface area (TPSA) is 29.1 Å². The van der Waals surface area contributed by atoms with Crippen molar-refractivity contribution in [2.24, 2.45) is 11.8 Å². The minimum Gasteiger partial charge on any atom is -0.342 e. The summed E-state index contributed by atoms with van der Waals surface area (Å²) < 4.78 is 0. The Labute approximate surface area is 80.1 Å². The summed E-state index contributed by atoms with van der Waals surface area (Å²) in [4.78, 5) is 11.5. The predicted molar refractivity (Wildman–Crippen MR) is 52.9 cm³/mol. The van der Waals surface area contributed by atoms with Crippen LogP contribution in [0.15, 0.2) is 0 Å². The molecule has 0 bridgehead atoms. The molecule has 0 spiro atoms. The molecule has 2 atom stereocenters. The molecule has 2 nitrogen and oxygen atoms in total. The number of carbonyl (C=O) groups excluding carboxylic acids is 1. The van der Waals surface area contributed by atoms with E-state index in [1.807, 2.05) is 13.8 Å². The zero-order valence-corrected chi connectivity index (χ0v) is 8.34. The average Bonchev–Trinajstić information content (AvgIpc) is 2.95. The Morgan fingerprint density at radius 2 is 2.31 bits per heavy atom. The minimum atomic E-state index is -0.0892. The Kier molecular flexibility index (Phi) is 3.36. The van der Waals surface area contributed by atoms with Crippen LogP contribution in [0.1, 0.15) is 33.1 Å². The summed E-state index contributed by atoms with van der Waals surface area (Å²) >= 11 is 0. The summed E-state index contributed by atoms with van der Waals surface area (Å²) in [5, 5.41) is 2.86. The lowest BCUT2D eigenvalue weighted by molar-refractivity contribution is -0.125. The van der Waals surface area contributed by atoms with Gasteiger partial charge in [0.05, 0.1) is 6.04 Å². The van der Waals surface area contributed by atoms with Crippen molar-refractivity contribution in [2.45, 2.75) is 39.2 Å². The lowest BCUT2D eigenvalue weighted by atomic mass is 10.1. The van der Waals surface area contributed by atoms with Crippen LogP contribution in [0.3, 0.4) is 0 Å². The van der Waals surface area contributed by atoms with Gasteiger partial charge in [0.25, 0.3) is 0 Å². The van der Waals surface area contributed by atoms with E-state index in [2.05, 4.69) is 11.2 Å². The molecule has 1 rings (SSSR count). The van der Waals surface area contributed by atoms with E-state index >= 15 is 0 Å². The van der Waals surface area contributed by atoms with Crippen molar-refractivity contribution in [1.82, 2.24) is 5.32 Å². The Bertz CT molecular complexity index is 225. The van der Waals surface area contributed by atoms with E-state index in [0.717, 1.165) is 6.42 Å². The molecule has 1 N–H and O–H groups in total. The first kappa shape index (κ1) is 10.1.